The summed E-state index contributed by atoms with van der Waals surface area (Å²) < 4.78 is 6.32. The van der Waals surface area contributed by atoms with Gasteiger partial charge in [-0.05, 0) is 49.8 Å². The second kappa shape index (κ2) is 9.32. The largest absolute Gasteiger partial charge is 0.370 e. The number of amides is 2. The average Bonchev–Trinajstić information content (AvgIpc) is 3.08. The number of carbonyl (C=O) groups is 2. The van der Waals surface area contributed by atoms with E-state index in [2.05, 4.69) is 24.1 Å². The zero-order valence-corrected chi connectivity index (χ0v) is 16.9. The van der Waals surface area contributed by atoms with Crippen molar-refractivity contribution in [2.75, 3.05) is 19.6 Å². The van der Waals surface area contributed by atoms with Crippen molar-refractivity contribution in [3.05, 3.63) is 36.2 Å². The van der Waals surface area contributed by atoms with Gasteiger partial charge in [0.05, 0.1) is 17.4 Å². The highest BCUT2D eigenvalue weighted by Gasteiger charge is 2.43. The number of carbonyl (C=O) groups excluding carboxylic acids is 2. The molecule has 2 saturated heterocycles. The van der Waals surface area contributed by atoms with Gasteiger partial charge in [-0.15, -0.1) is 0 Å². The lowest BCUT2D eigenvalue weighted by atomic mass is 9.88. The Balaban J connectivity index is 1.40. The Kier molecular flexibility index (Phi) is 6.83. The van der Waals surface area contributed by atoms with Crippen LogP contribution in [0.25, 0.3) is 6.08 Å². The lowest BCUT2D eigenvalue weighted by molar-refractivity contribution is -0.138. The summed E-state index contributed by atoms with van der Waals surface area (Å²) in [5.41, 5.74) is 0.640. The maximum absolute atomic E-state index is 12.2. The first-order chi connectivity index (χ1) is 13.5. The molecule has 6 nitrogen and oxygen atoms in total. The van der Waals surface area contributed by atoms with Gasteiger partial charge in [0, 0.05) is 38.3 Å². The molecule has 2 fully saturated rings. The number of rotatable bonds is 6. The summed E-state index contributed by atoms with van der Waals surface area (Å²) in [4.78, 5) is 30.4. The molecule has 2 aliphatic heterocycles. The summed E-state index contributed by atoms with van der Waals surface area (Å²) >= 11 is 0. The molecule has 2 amide bonds. The highest BCUT2D eigenvalue weighted by Crippen LogP contribution is 2.38. The van der Waals surface area contributed by atoms with Gasteiger partial charge in [-0.3, -0.25) is 14.6 Å². The van der Waals surface area contributed by atoms with Gasteiger partial charge in [0.25, 0.3) is 0 Å². The summed E-state index contributed by atoms with van der Waals surface area (Å²) in [6.07, 6.45) is 9.31. The van der Waals surface area contributed by atoms with Gasteiger partial charge in [0.1, 0.15) is 0 Å². The average molecular weight is 386 g/mol. The minimum absolute atomic E-state index is 0.0464. The number of hydrogen-bond acceptors (Lipinski definition) is 4. The van der Waals surface area contributed by atoms with E-state index in [-0.39, 0.29) is 23.5 Å². The quantitative estimate of drug-likeness (QED) is 0.765. The predicted molar refractivity (Wildman–Crippen MR) is 108 cm³/mol. The number of likely N-dealkylation sites (tertiary alicyclic amines) is 1. The van der Waals surface area contributed by atoms with Gasteiger partial charge in [0.15, 0.2) is 0 Å². The van der Waals surface area contributed by atoms with Gasteiger partial charge in [-0.2, -0.15) is 0 Å². The molecule has 6 heteroatoms. The monoisotopic (exact) mass is 385 g/mol. The zero-order chi connectivity index (χ0) is 20.0. The topological polar surface area (TPSA) is 71.5 Å². The van der Waals surface area contributed by atoms with E-state index < -0.39 is 0 Å². The summed E-state index contributed by atoms with van der Waals surface area (Å²) in [6.45, 7) is 6.22. The van der Waals surface area contributed by atoms with Crippen LogP contribution in [-0.4, -0.2) is 53.0 Å². The van der Waals surface area contributed by atoms with Gasteiger partial charge < -0.3 is 15.0 Å². The molecule has 152 valence electrons. The minimum atomic E-state index is -0.135. The Morgan fingerprint density at radius 3 is 2.79 bits per heavy atom. The number of nitrogens with zero attached hydrogens (tertiary/aromatic N) is 2. The van der Waals surface area contributed by atoms with Gasteiger partial charge in [-0.25, -0.2) is 0 Å². The molecule has 3 heterocycles. The Bertz CT molecular complexity index is 694. The lowest BCUT2D eigenvalue weighted by Gasteiger charge is -2.39. The highest BCUT2D eigenvalue weighted by atomic mass is 16.5. The standard InChI is InChI=1S/C22H31N3O3/c1-17(2)15-21(27)25-13-10-22(11-14-25)9-8-19(28-22)16-24-20(26)7-6-18-5-3-4-12-23-18/h3-7,12,17,19H,8-11,13-16H2,1-2H3,(H,24,26)/b7-6+. The minimum Gasteiger partial charge on any atom is -0.370 e. The maximum atomic E-state index is 12.2. The Labute approximate surface area is 167 Å². The number of ether oxygens (including phenoxy) is 1. The fraction of sp³-hybridized carbons (Fsp3) is 0.591. The first-order valence-corrected chi connectivity index (χ1v) is 10.3. The summed E-state index contributed by atoms with van der Waals surface area (Å²) in [5, 5.41) is 2.92. The van der Waals surface area contributed by atoms with Crippen molar-refractivity contribution in [1.82, 2.24) is 15.2 Å². The summed E-state index contributed by atoms with van der Waals surface area (Å²) in [7, 11) is 0. The molecule has 0 bridgehead atoms. The zero-order valence-electron chi connectivity index (χ0n) is 16.9. The lowest BCUT2D eigenvalue weighted by Crippen LogP contribution is -2.47. The van der Waals surface area contributed by atoms with Crippen LogP contribution in [0.4, 0.5) is 0 Å². The van der Waals surface area contributed by atoms with Gasteiger partial charge >= 0.3 is 0 Å². The van der Waals surface area contributed by atoms with Crippen molar-refractivity contribution >= 4 is 17.9 Å². The van der Waals surface area contributed by atoms with Crippen LogP contribution in [0.3, 0.4) is 0 Å². The van der Waals surface area contributed by atoms with Crippen LogP contribution >= 0.6 is 0 Å². The fourth-order valence-corrected chi connectivity index (χ4v) is 3.96. The molecule has 1 atom stereocenters. The van der Waals surface area contributed by atoms with Crippen molar-refractivity contribution in [3.8, 4) is 0 Å². The summed E-state index contributed by atoms with van der Waals surface area (Å²) in [6, 6.07) is 5.58. The van der Waals surface area contributed by atoms with Crippen LogP contribution < -0.4 is 5.32 Å². The SMILES string of the molecule is CC(C)CC(=O)N1CCC2(CCC(CNC(=O)/C=C/c3ccccn3)O2)CC1. The molecule has 2 aliphatic rings. The van der Waals surface area contributed by atoms with Crippen molar-refractivity contribution in [2.45, 2.75) is 57.7 Å². The molecule has 0 radical (unpaired) electrons. The molecule has 0 saturated carbocycles. The highest BCUT2D eigenvalue weighted by molar-refractivity contribution is 5.91. The Morgan fingerprint density at radius 1 is 1.32 bits per heavy atom. The number of nitrogens with one attached hydrogen (secondary N) is 1. The molecule has 1 aromatic rings. The van der Waals surface area contributed by atoms with Crippen LogP contribution in [0.15, 0.2) is 30.5 Å². The number of piperidine rings is 1. The molecule has 1 unspecified atom stereocenters. The predicted octanol–water partition coefficient (Wildman–Crippen LogP) is 2.80. The van der Waals surface area contributed by atoms with Crippen LogP contribution in [0, 0.1) is 5.92 Å². The molecule has 0 aromatic carbocycles. The maximum Gasteiger partial charge on any atom is 0.244 e. The number of hydrogen-bond donors (Lipinski definition) is 1. The summed E-state index contributed by atoms with van der Waals surface area (Å²) in [5.74, 6) is 0.515. The molecule has 0 aliphatic carbocycles. The molecule has 3 rings (SSSR count). The van der Waals surface area contributed by atoms with E-state index in [1.165, 1.54) is 6.08 Å². The van der Waals surface area contributed by atoms with Crippen molar-refractivity contribution in [1.29, 1.82) is 0 Å². The van der Waals surface area contributed by atoms with Crippen LogP contribution in [0.1, 0.15) is 51.6 Å². The van der Waals surface area contributed by atoms with Crippen LogP contribution in [-0.2, 0) is 14.3 Å². The van der Waals surface area contributed by atoms with E-state index in [4.69, 9.17) is 4.74 Å². The van der Waals surface area contributed by atoms with E-state index in [0.717, 1.165) is 44.5 Å². The molecule has 1 spiro atoms. The first kappa shape index (κ1) is 20.5. The van der Waals surface area contributed by atoms with E-state index in [0.29, 0.717) is 18.9 Å². The third kappa shape index (κ3) is 5.64. The van der Waals surface area contributed by atoms with E-state index in [1.54, 1.807) is 12.3 Å². The van der Waals surface area contributed by atoms with Crippen molar-refractivity contribution < 1.29 is 14.3 Å². The van der Waals surface area contributed by atoms with Crippen LogP contribution in [0.5, 0.6) is 0 Å². The second-order valence-corrected chi connectivity index (χ2v) is 8.27. The van der Waals surface area contributed by atoms with Crippen molar-refractivity contribution in [2.24, 2.45) is 5.92 Å². The van der Waals surface area contributed by atoms with Gasteiger partial charge in [-0.1, -0.05) is 19.9 Å². The van der Waals surface area contributed by atoms with E-state index in [1.807, 2.05) is 23.1 Å². The first-order valence-electron chi connectivity index (χ1n) is 10.3. The molecular weight excluding hydrogens is 354 g/mol. The Morgan fingerprint density at radius 2 is 2.11 bits per heavy atom. The number of aromatic nitrogens is 1. The molecule has 1 aromatic heterocycles. The molecular formula is C22H31N3O3. The van der Waals surface area contributed by atoms with E-state index >= 15 is 0 Å². The normalized spacial score (nSPS) is 21.5. The Hall–Kier alpha value is -2.21. The van der Waals surface area contributed by atoms with E-state index in [9.17, 15) is 9.59 Å². The fourth-order valence-electron chi connectivity index (χ4n) is 3.96. The van der Waals surface area contributed by atoms with Gasteiger partial charge in [0.2, 0.25) is 11.8 Å². The van der Waals surface area contributed by atoms with Crippen LogP contribution in [0.2, 0.25) is 0 Å². The third-order valence-electron chi connectivity index (χ3n) is 5.55. The molecule has 1 N–H and O–H groups in total. The third-order valence-corrected chi connectivity index (χ3v) is 5.55. The van der Waals surface area contributed by atoms with Crippen molar-refractivity contribution in [3.63, 3.8) is 0 Å². The number of pyridine rings is 1. The smallest absolute Gasteiger partial charge is 0.244 e. The second-order valence-electron chi connectivity index (χ2n) is 8.27. The molecule has 28 heavy (non-hydrogen) atoms.